The molecule has 6 nitrogen and oxygen atoms in total. The Labute approximate surface area is 122 Å². The molecule has 2 N–H and O–H groups in total. The van der Waals surface area contributed by atoms with Crippen molar-refractivity contribution in [2.75, 3.05) is 25.6 Å². The van der Waals surface area contributed by atoms with E-state index in [1.807, 2.05) is 0 Å². The van der Waals surface area contributed by atoms with E-state index in [4.69, 9.17) is 19.5 Å². The highest BCUT2D eigenvalue weighted by atomic mass is 32.1. The van der Waals surface area contributed by atoms with E-state index in [1.165, 1.54) is 0 Å². The van der Waals surface area contributed by atoms with E-state index in [-0.39, 0.29) is 30.4 Å². The minimum Gasteiger partial charge on any atom is -0.462 e. The van der Waals surface area contributed by atoms with Crippen LogP contribution in [-0.2, 0) is 18.3 Å². The lowest BCUT2D eigenvalue weighted by atomic mass is 10.2. The first-order valence-electron chi connectivity index (χ1n) is 6.36. The normalized spacial score (nSPS) is 11.6. The first-order chi connectivity index (χ1) is 9.41. The number of esters is 1. The lowest BCUT2D eigenvalue weighted by molar-refractivity contribution is 0.0527. The summed E-state index contributed by atoms with van der Waals surface area (Å²) in [6.45, 7) is 7.56. The summed E-state index contributed by atoms with van der Waals surface area (Å²) in [6.07, 6.45) is 0. The van der Waals surface area contributed by atoms with Crippen molar-refractivity contribution in [3.8, 4) is 0 Å². The van der Waals surface area contributed by atoms with Gasteiger partial charge in [0, 0.05) is 0 Å². The zero-order valence-electron chi connectivity index (χ0n) is 12.1. The maximum Gasteiger partial charge on any atom is 0.371 e. The van der Waals surface area contributed by atoms with Gasteiger partial charge in [-0.15, -0.1) is 11.3 Å². The van der Waals surface area contributed by atoms with Gasteiger partial charge in [-0.05, 0) is 33.3 Å². The molecule has 1 heterocycles. The van der Waals surface area contributed by atoms with E-state index in [0.717, 1.165) is 11.3 Å². The van der Waals surface area contributed by atoms with Gasteiger partial charge in [0.15, 0.2) is 0 Å². The van der Waals surface area contributed by atoms with E-state index in [2.05, 4.69) is 0 Å². The maximum atomic E-state index is 12.7. The fourth-order valence-electron chi connectivity index (χ4n) is 1.74. The number of thiophene rings is 1. The smallest absolute Gasteiger partial charge is 0.371 e. The highest BCUT2D eigenvalue weighted by molar-refractivity contribution is 7.69. The highest BCUT2D eigenvalue weighted by Crippen LogP contribution is 2.51. The van der Waals surface area contributed by atoms with E-state index < -0.39 is 13.6 Å². The highest BCUT2D eigenvalue weighted by Gasteiger charge is 2.34. The molecular formula is C12H20NO5PS. The molecule has 0 aliphatic rings. The van der Waals surface area contributed by atoms with Gasteiger partial charge in [-0.3, -0.25) is 4.57 Å². The second-order valence-electron chi connectivity index (χ2n) is 3.82. The topological polar surface area (TPSA) is 87.9 Å². The molecule has 0 radical (unpaired) electrons. The molecule has 1 rings (SSSR count). The Kier molecular flexibility index (Phi) is 6.20. The van der Waals surface area contributed by atoms with Gasteiger partial charge < -0.3 is 19.5 Å². The zero-order valence-corrected chi connectivity index (χ0v) is 13.8. The minimum absolute atomic E-state index is 0.239. The lowest BCUT2D eigenvalue weighted by Gasteiger charge is -2.16. The van der Waals surface area contributed by atoms with Gasteiger partial charge in [-0.25, -0.2) is 4.79 Å². The second kappa shape index (κ2) is 7.22. The van der Waals surface area contributed by atoms with Crippen LogP contribution in [0.5, 0.6) is 0 Å². The first kappa shape index (κ1) is 17.2. The molecule has 20 heavy (non-hydrogen) atoms. The molecule has 0 aliphatic heterocycles. The molecule has 0 saturated carbocycles. The molecule has 0 amide bonds. The number of carbonyl (C=O) groups excluding carboxylic acids is 1. The van der Waals surface area contributed by atoms with Crippen LogP contribution >= 0.6 is 18.9 Å². The average Bonchev–Trinajstić information content (AvgIpc) is 2.66. The van der Waals surface area contributed by atoms with Crippen molar-refractivity contribution in [1.29, 1.82) is 0 Å². The third-order valence-electron chi connectivity index (χ3n) is 2.48. The molecule has 0 spiro atoms. The first-order valence-corrected chi connectivity index (χ1v) is 8.72. The molecular weight excluding hydrogens is 301 g/mol. The van der Waals surface area contributed by atoms with E-state index in [0.29, 0.717) is 10.2 Å². The molecule has 0 aliphatic carbocycles. The lowest BCUT2D eigenvalue weighted by Crippen LogP contribution is -2.13. The molecule has 114 valence electrons. The quantitative estimate of drug-likeness (QED) is 0.613. The van der Waals surface area contributed by atoms with Crippen LogP contribution in [0.3, 0.4) is 0 Å². The fraction of sp³-hybridized carbons (Fsp3) is 0.583. The molecule has 1 aromatic heterocycles. The van der Waals surface area contributed by atoms with Gasteiger partial charge in [-0.1, -0.05) is 0 Å². The average molecular weight is 321 g/mol. The van der Waals surface area contributed by atoms with Crippen molar-refractivity contribution in [3.63, 3.8) is 0 Å². The number of hydrogen-bond donors (Lipinski definition) is 1. The van der Waals surface area contributed by atoms with E-state index in [1.54, 1.807) is 27.7 Å². The molecule has 0 fully saturated rings. The molecule has 8 heteroatoms. The molecule has 0 bridgehead atoms. The van der Waals surface area contributed by atoms with Crippen molar-refractivity contribution in [2.24, 2.45) is 0 Å². The number of carbonyl (C=O) groups is 1. The van der Waals surface area contributed by atoms with E-state index >= 15 is 0 Å². The second-order valence-corrected chi connectivity index (χ2v) is 7.14. The third kappa shape index (κ3) is 3.41. The number of ether oxygens (including phenoxy) is 1. The molecule has 0 saturated heterocycles. The summed E-state index contributed by atoms with van der Waals surface area (Å²) >= 11 is 1.05. The van der Waals surface area contributed by atoms with Crippen LogP contribution in [0.4, 0.5) is 5.00 Å². The zero-order chi connectivity index (χ0) is 15.3. The summed E-state index contributed by atoms with van der Waals surface area (Å²) in [4.78, 5) is 11.9. The third-order valence-corrected chi connectivity index (χ3v) is 6.37. The minimum atomic E-state index is -3.44. The van der Waals surface area contributed by atoms with Gasteiger partial charge in [0.05, 0.1) is 25.4 Å². The summed E-state index contributed by atoms with van der Waals surface area (Å²) in [6, 6.07) is 0. The van der Waals surface area contributed by atoms with Crippen LogP contribution in [-0.4, -0.2) is 25.8 Å². The van der Waals surface area contributed by atoms with Gasteiger partial charge in [0.2, 0.25) is 0 Å². The summed E-state index contributed by atoms with van der Waals surface area (Å²) in [7, 11) is -3.44. The molecule has 0 unspecified atom stereocenters. The van der Waals surface area contributed by atoms with Gasteiger partial charge in [0.1, 0.15) is 9.62 Å². The van der Waals surface area contributed by atoms with Crippen LogP contribution in [0, 0.1) is 6.92 Å². The predicted octanol–water partition coefficient (Wildman–Crippen LogP) is 2.71. The van der Waals surface area contributed by atoms with Gasteiger partial charge >= 0.3 is 13.6 Å². The predicted molar refractivity (Wildman–Crippen MR) is 79.9 cm³/mol. The Morgan fingerprint density at radius 3 is 2.20 bits per heavy atom. The van der Waals surface area contributed by atoms with Crippen molar-refractivity contribution in [2.45, 2.75) is 27.7 Å². The number of nitrogen functional groups attached to an aromatic ring is 1. The van der Waals surface area contributed by atoms with Crippen molar-refractivity contribution >= 4 is 34.5 Å². The number of anilines is 1. The van der Waals surface area contributed by atoms with Crippen LogP contribution in [0.25, 0.3) is 0 Å². The summed E-state index contributed by atoms with van der Waals surface area (Å²) in [5, 5.41) is 0.260. The standard InChI is InChI=1S/C12H20NO5PS/c1-5-16-11(14)9-8(4)12(20-10(9)13)19(15,17-6-2)18-7-3/h5-7,13H2,1-4H3. The van der Waals surface area contributed by atoms with Crippen LogP contribution in [0.15, 0.2) is 0 Å². The fourth-order valence-corrected chi connectivity index (χ4v) is 5.11. The molecule has 0 aromatic carbocycles. The van der Waals surface area contributed by atoms with Crippen LogP contribution in [0.2, 0.25) is 0 Å². The molecule has 1 aromatic rings. The number of hydrogen-bond acceptors (Lipinski definition) is 7. The van der Waals surface area contributed by atoms with Crippen molar-refractivity contribution < 1.29 is 23.1 Å². The maximum absolute atomic E-state index is 12.7. The Hall–Kier alpha value is -0.880. The van der Waals surface area contributed by atoms with Crippen molar-refractivity contribution in [3.05, 3.63) is 11.1 Å². The number of rotatable bonds is 7. The van der Waals surface area contributed by atoms with Gasteiger partial charge in [0.25, 0.3) is 0 Å². The Morgan fingerprint density at radius 1 is 1.20 bits per heavy atom. The van der Waals surface area contributed by atoms with Crippen LogP contribution in [0.1, 0.15) is 36.7 Å². The summed E-state index contributed by atoms with van der Waals surface area (Å²) in [5.74, 6) is -0.524. The Balaban J connectivity index is 3.29. The Bertz CT molecular complexity index is 518. The van der Waals surface area contributed by atoms with Crippen LogP contribution < -0.4 is 10.4 Å². The van der Waals surface area contributed by atoms with Gasteiger partial charge in [-0.2, -0.15) is 0 Å². The SMILES string of the molecule is CCOC(=O)c1c(N)sc(P(=O)(OCC)OCC)c1C. The summed E-state index contributed by atoms with van der Waals surface area (Å²) in [5.41, 5.74) is 6.59. The largest absolute Gasteiger partial charge is 0.462 e. The summed E-state index contributed by atoms with van der Waals surface area (Å²) < 4.78 is 28.6. The van der Waals surface area contributed by atoms with E-state index in [9.17, 15) is 9.36 Å². The van der Waals surface area contributed by atoms with Crippen molar-refractivity contribution in [1.82, 2.24) is 0 Å². The monoisotopic (exact) mass is 321 g/mol. The molecule has 0 atom stereocenters. The Morgan fingerprint density at radius 2 is 1.75 bits per heavy atom. The number of nitrogens with two attached hydrogens (primary N) is 1.